The van der Waals surface area contributed by atoms with Gasteiger partial charge in [-0.25, -0.2) is 0 Å². The number of hydrogen-bond donors (Lipinski definition) is 1. The lowest BCUT2D eigenvalue weighted by molar-refractivity contribution is 0.102. The highest BCUT2D eigenvalue weighted by molar-refractivity contribution is 6.03. The summed E-state index contributed by atoms with van der Waals surface area (Å²) in [6.45, 7) is 2.18. The lowest BCUT2D eigenvalue weighted by Crippen LogP contribution is -2.12. The fraction of sp³-hybridized carbons (Fsp3) is 0.333. The maximum atomic E-state index is 12.0. The van der Waals surface area contributed by atoms with Gasteiger partial charge in [0.1, 0.15) is 0 Å². The predicted molar refractivity (Wildman–Crippen MR) is 76.2 cm³/mol. The summed E-state index contributed by atoms with van der Waals surface area (Å²) in [5, 5.41) is 6.89. The Kier molecular flexibility index (Phi) is 4.34. The lowest BCUT2D eigenvalue weighted by Gasteiger charge is -2.04. The minimum Gasteiger partial charge on any atom is -0.305 e. The molecule has 1 N–H and O–H groups in total. The van der Waals surface area contributed by atoms with E-state index in [2.05, 4.69) is 17.3 Å². The van der Waals surface area contributed by atoms with Crippen molar-refractivity contribution in [2.24, 2.45) is 7.05 Å². The van der Waals surface area contributed by atoms with Crippen molar-refractivity contribution in [1.29, 1.82) is 0 Å². The fourth-order valence-corrected chi connectivity index (χ4v) is 1.87. The Morgan fingerprint density at radius 2 is 2.00 bits per heavy atom. The second kappa shape index (κ2) is 6.18. The molecule has 1 heterocycles. The number of hydrogen-bond acceptors (Lipinski definition) is 2. The number of aryl methyl sites for hydroxylation is 2. The molecule has 0 spiro atoms. The molecule has 0 aliphatic rings. The molecule has 1 aromatic carbocycles. The predicted octanol–water partition coefficient (Wildman–Crippen LogP) is 3.02. The first-order valence-electron chi connectivity index (χ1n) is 6.59. The minimum absolute atomic E-state index is 0.124. The summed E-state index contributed by atoms with van der Waals surface area (Å²) in [4.78, 5) is 12.0. The number of benzene rings is 1. The van der Waals surface area contributed by atoms with Crippen molar-refractivity contribution < 1.29 is 4.79 Å². The van der Waals surface area contributed by atoms with E-state index in [9.17, 15) is 4.79 Å². The zero-order valence-electron chi connectivity index (χ0n) is 11.4. The Morgan fingerprint density at radius 1 is 1.26 bits per heavy atom. The minimum atomic E-state index is -0.124. The number of nitrogens with zero attached hydrogens (tertiary/aromatic N) is 2. The molecule has 0 saturated heterocycles. The highest BCUT2D eigenvalue weighted by atomic mass is 16.1. The molecule has 0 bridgehead atoms. The summed E-state index contributed by atoms with van der Waals surface area (Å²) >= 11 is 0. The number of nitrogens with one attached hydrogen (secondary N) is 1. The van der Waals surface area contributed by atoms with Crippen molar-refractivity contribution in [1.82, 2.24) is 9.78 Å². The van der Waals surface area contributed by atoms with E-state index in [1.54, 1.807) is 16.9 Å². The number of anilines is 1. The van der Waals surface area contributed by atoms with Gasteiger partial charge in [0.25, 0.3) is 5.91 Å². The Morgan fingerprint density at radius 3 is 2.58 bits per heavy atom. The summed E-state index contributed by atoms with van der Waals surface area (Å²) in [6.07, 6.45) is 5.23. The highest BCUT2D eigenvalue weighted by Gasteiger charge is 2.07. The normalized spacial score (nSPS) is 10.4. The van der Waals surface area contributed by atoms with Gasteiger partial charge in [0, 0.05) is 24.9 Å². The van der Waals surface area contributed by atoms with Gasteiger partial charge in [0.15, 0.2) is 5.82 Å². The Balaban J connectivity index is 1.99. The smallest absolute Gasteiger partial charge is 0.256 e. The van der Waals surface area contributed by atoms with Gasteiger partial charge in [0.2, 0.25) is 0 Å². The van der Waals surface area contributed by atoms with Crippen LogP contribution < -0.4 is 5.32 Å². The third-order valence-electron chi connectivity index (χ3n) is 2.99. The van der Waals surface area contributed by atoms with E-state index < -0.39 is 0 Å². The van der Waals surface area contributed by atoms with Crippen LogP contribution in [0, 0.1) is 0 Å². The largest absolute Gasteiger partial charge is 0.305 e. The number of aromatic nitrogens is 2. The maximum absolute atomic E-state index is 12.0. The van der Waals surface area contributed by atoms with Crippen LogP contribution in [-0.2, 0) is 13.5 Å². The van der Waals surface area contributed by atoms with Crippen LogP contribution >= 0.6 is 0 Å². The van der Waals surface area contributed by atoms with Gasteiger partial charge < -0.3 is 5.32 Å². The molecule has 2 aromatic rings. The van der Waals surface area contributed by atoms with Gasteiger partial charge >= 0.3 is 0 Å². The van der Waals surface area contributed by atoms with Crippen LogP contribution in [-0.4, -0.2) is 15.7 Å². The molecular weight excluding hydrogens is 238 g/mol. The summed E-state index contributed by atoms with van der Waals surface area (Å²) in [5.41, 5.74) is 1.93. The van der Waals surface area contributed by atoms with E-state index in [1.165, 1.54) is 18.4 Å². The van der Waals surface area contributed by atoms with Gasteiger partial charge in [-0.1, -0.05) is 25.5 Å². The van der Waals surface area contributed by atoms with E-state index in [0.29, 0.717) is 11.4 Å². The second-order valence-corrected chi connectivity index (χ2v) is 4.63. The SMILES string of the molecule is CCCCc1ccc(C(=O)Nc2ccn(C)n2)cc1. The average Bonchev–Trinajstić information content (AvgIpc) is 2.82. The molecule has 0 unspecified atom stereocenters. The number of unbranched alkanes of at least 4 members (excludes halogenated alkanes) is 1. The monoisotopic (exact) mass is 257 g/mol. The lowest BCUT2D eigenvalue weighted by atomic mass is 10.1. The average molecular weight is 257 g/mol. The molecule has 4 nitrogen and oxygen atoms in total. The second-order valence-electron chi connectivity index (χ2n) is 4.63. The number of amides is 1. The van der Waals surface area contributed by atoms with Crippen LogP contribution in [0.2, 0.25) is 0 Å². The van der Waals surface area contributed by atoms with Crippen LogP contribution in [0.15, 0.2) is 36.5 Å². The number of carbonyl (C=O) groups is 1. The van der Waals surface area contributed by atoms with Gasteiger partial charge in [0.05, 0.1) is 0 Å². The third kappa shape index (κ3) is 3.68. The van der Waals surface area contributed by atoms with Gasteiger partial charge in [-0.2, -0.15) is 5.10 Å². The Bertz CT molecular complexity index is 543. The molecule has 19 heavy (non-hydrogen) atoms. The van der Waals surface area contributed by atoms with E-state index in [4.69, 9.17) is 0 Å². The zero-order valence-corrected chi connectivity index (χ0v) is 11.4. The summed E-state index contributed by atoms with van der Waals surface area (Å²) in [7, 11) is 1.82. The quantitative estimate of drug-likeness (QED) is 0.895. The summed E-state index contributed by atoms with van der Waals surface area (Å²) in [6, 6.07) is 9.53. The van der Waals surface area contributed by atoms with Crippen LogP contribution in [0.3, 0.4) is 0 Å². The molecule has 2 rings (SSSR count). The van der Waals surface area contributed by atoms with Crippen LogP contribution in [0.1, 0.15) is 35.7 Å². The van der Waals surface area contributed by atoms with Crippen molar-refractivity contribution >= 4 is 11.7 Å². The van der Waals surface area contributed by atoms with Gasteiger partial charge in [-0.3, -0.25) is 9.48 Å². The molecule has 0 aliphatic heterocycles. The van der Waals surface area contributed by atoms with E-state index in [0.717, 1.165) is 6.42 Å². The first-order valence-corrected chi connectivity index (χ1v) is 6.59. The molecule has 0 fully saturated rings. The van der Waals surface area contributed by atoms with Crippen molar-refractivity contribution in [3.8, 4) is 0 Å². The zero-order chi connectivity index (χ0) is 13.7. The first kappa shape index (κ1) is 13.3. The summed E-state index contributed by atoms with van der Waals surface area (Å²) < 4.78 is 1.66. The molecule has 0 atom stereocenters. The van der Waals surface area contributed by atoms with E-state index >= 15 is 0 Å². The summed E-state index contributed by atoms with van der Waals surface area (Å²) in [5.74, 6) is 0.448. The molecule has 0 saturated carbocycles. The van der Waals surface area contributed by atoms with Crippen molar-refractivity contribution in [2.45, 2.75) is 26.2 Å². The Hall–Kier alpha value is -2.10. The first-order chi connectivity index (χ1) is 9.19. The molecule has 1 amide bonds. The third-order valence-corrected chi connectivity index (χ3v) is 2.99. The van der Waals surface area contributed by atoms with Crippen LogP contribution in [0.5, 0.6) is 0 Å². The van der Waals surface area contributed by atoms with Crippen molar-refractivity contribution in [3.63, 3.8) is 0 Å². The van der Waals surface area contributed by atoms with Crippen molar-refractivity contribution in [2.75, 3.05) is 5.32 Å². The van der Waals surface area contributed by atoms with Crippen molar-refractivity contribution in [3.05, 3.63) is 47.7 Å². The maximum Gasteiger partial charge on any atom is 0.256 e. The van der Waals surface area contributed by atoms with E-state index in [1.807, 2.05) is 31.3 Å². The molecular formula is C15H19N3O. The highest BCUT2D eigenvalue weighted by Crippen LogP contribution is 2.10. The van der Waals surface area contributed by atoms with Gasteiger partial charge in [-0.15, -0.1) is 0 Å². The molecule has 1 aromatic heterocycles. The Labute approximate surface area is 113 Å². The standard InChI is InChI=1S/C15H19N3O/c1-3-4-5-12-6-8-13(9-7-12)15(19)16-14-10-11-18(2)17-14/h6-11H,3-5H2,1-2H3,(H,16,17,19). The topological polar surface area (TPSA) is 46.9 Å². The fourth-order valence-electron chi connectivity index (χ4n) is 1.87. The molecule has 100 valence electrons. The number of rotatable bonds is 5. The van der Waals surface area contributed by atoms with E-state index in [-0.39, 0.29) is 5.91 Å². The molecule has 0 aliphatic carbocycles. The van der Waals surface area contributed by atoms with Gasteiger partial charge in [-0.05, 0) is 30.5 Å². The molecule has 4 heteroatoms. The van der Waals surface area contributed by atoms with Crippen LogP contribution in [0.25, 0.3) is 0 Å². The molecule has 0 radical (unpaired) electrons. The van der Waals surface area contributed by atoms with Crippen LogP contribution in [0.4, 0.5) is 5.82 Å². The number of carbonyl (C=O) groups excluding carboxylic acids is 1.